The SMILES string of the molecule is Fc1c(F)c(F)[c]([Ni]([c]2ccccc2)[c]2c(F)c(F)c(F)c(F)c2F)c(F)c1F. The van der Waals surface area contributed by atoms with E-state index in [0.29, 0.717) is 0 Å². The first kappa shape index (κ1) is 21.2. The van der Waals surface area contributed by atoms with Crippen molar-refractivity contribution in [2.24, 2.45) is 0 Å². The maximum atomic E-state index is 14.4. The third-order valence-electron chi connectivity index (χ3n) is 3.47. The third-order valence-corrected chi connectivity index (χ3v) is 6.22. The zero-order valence-corrected chi connectivity index (χ0v) is 14.5. The Hall–Kier alpha value is -2.55. The minimum absolute atomic E-state index is 0.445. The molecule has 0 fully saturated rings. The summed E-state index contributed by atoms with van der Waals surface area (Å²) in [6.45, 7) is 0. The van der Waals surface area contributed by atoms with E-state index in [2.05, 4.69) is 0 Å². The third kappa shape index (κ3) is 3.27. The molecule has 29 heavy (non-hydrogen) atoms. The predicted molar refractivity (Wildman–Crippen MR) is 77.8 cm³/mol. The quantitative estimate of drug-likeness (QED) is 0.236. The summed E-state index contributed by atoms with van der Waals surface area (Å²) in [5, 5.41) is 0. The molecule has 0 aliphatic rings. The molecule has 0 bridgehead atoms. The van der Waals surface area contributed by atoms with Gasteiger partial charge in [-0.25, -0.2) is 0 Å². The molecule has 0 radical (unpaired) electrons. The van der Waals surface area contributed by atoms with E-state index in [9.17, 15) is 43.9 Å². The van der Waals surface area contributed by atoms with Crippen LogP contribution in [-0.2, 0) is 13.4 Å². The van der Waals surface area contributed by atoms with E-state index >= 15 is 0 Å². The van der Waals surface area contributed by atoms with Crippen molar-refractivity contribution in [1.82, 2.24) is 0 Å². The molecule has 3 aromatic carbocycles. The van der Waals surface area contributed by atoms with Gasteiger partial charge in [0.25, 0.3) is 0 Å². The Labute approximate surface area is 160 Å². The summed E-state index contributed by atoms with van der Waals surface area (Å²) in [5.41, 5.74) is 0. The molecule has 0 aromatic heterocycles. The zero-order valence-electron chi connectivity index (χ0n) is 13.5. The molecule has 3 rings (SSSR count). The van der Waals surface area contributed by atoms with Crippen molar-refractivity contribution in [3.63, 3.8) is 0 Å². The van der Waals surface area contributed by atoms with E-state index in [1.165, 1.54) is 18.2 Å². The van der Waals surface area contributed by atoms with Crippen molar-refractivity contribution in [2.75, 3.05) is 0 Å². The standard InChI is InChI=1S/2C6F5.C6H5.Ni/c2*7-2-1-3(8)5(10)6(11)4(2)9;1-2-4-6-5-3-1;/h;;1-5H;. The van der Waals surface area contributed by atoms with Crippen LogP contribution in [0.5, 0.6) is 0 Å². The van der Waals surface area contributed by atoms with Crippen molar-refractivity contribution in [3.05, 3.63) is 88.5 Å². The van der Waals surface area contributed by atoms with Crippen molar-refractivity contribution in [2.45, 2.75) is 0 Å². The minimum atomic E-state index is -3.10. The number of halogens is 10. The van der Waals surface area contributed by atoms with Crippen LogP contribution >= 0.6 is 0 Å². The van der Waals surface area contributed by atoms with Crippen LogP contribution < -0.4 is 13.6 Å². The van der Waals surface area contributed by atoms with Gasteiger partial charge in [-0.05, 0) is 0 Å². The molecular weight excluding hydrogens is 465 g/mol. The molecule has 0 saturated heterocycles. The molecule has 0 aliphatic heterocycles. The molecule has 0 nitrogen and oxygen atoms in total. The molecule has 3 aromatic rings. The van der Waals surface area contributed by atoms with Crippen molar-refractivity contribution < 1.29 is 57.3 Å². The van der Waals surface area contributed by atoms with Gasteiger partial charge in [0.05, 0.1) is 0 Å². The van der Waals surface area contributed by atoms with Gasteiger partial charge >= 0.3 is 159 Å². The fraction of sp³-hybridized carbons (Fsp3) is 0. The maximum absolute atomic E-state index is 14.4. The fourth-order valence-electron chi connectivity index (χ4n) is 2.18. The Morgan fingerprint density at radius 2 is 0.655 bits per heavy atom. The Kier molecular flexibility index (Phi) is 5.62. The Bertz CT molecular complexity index is 986. The van der Waals surface area contributed by atoms with Crippen molar-refractivity contribution in [3.8, 4) is 0 Å². The average Bonchev–Trinajstić information content (AvgIpc) is 2.73. The average molecular weight is 470 g/mol. The van der Waals surface area contributed by atoms with Crippen molar-refractivity contribution >= 4 is 13.6 Å². The molecule has 11 heteroatoms. The first-order valence-electron chi connectivity index (χ1n) is 7.27. The summed E-state index contributed by atoms with van der Waals surface area (Å²) in [4.78, 5) is 0. The van der Waals surface area contributed by atoms with Gasteiger partial charge in [-0.15, -0.1) is 0 Å². The molecular formula is C18H5F10Ni. The molecule has 157 valence electrons. The Balaban J connectivity index is 2.50. The Morgan fingerprint density at radius 1 is 0.379 bits per heavy atom. The second-order valence-corrected chi connectivity index (χ2v) is 7.50. The molecule has 0 spiro atoms. The predicted octanol–water partition coefficient (Wildman–Crippen LogP) is 3.97. The summed E-state index contributed by atoms with van der Waals surface area (Å²) >= 11 is -3.10. The molecule has 0 N–H and O–H groups in total. The second-order valence-electron chi connectivity index (χ2n) is 5.20. The van der Waals surface area contributed by atoms with Crippen LogP contribution in [0.2, 0.25) is 0 Å². The number of rotatable bonds is 3. The van der Waals surface area contributed by atoms with Crippen LogP contribution in [0.15, 0.2) is 30.3 Å². The fourth-order valence-corrected chi connectivity index (χ4v) is 4.81. The first-order chi connectivity index (χ1) is 13.6. The molecule has 0 saturated carbocycles. The van der Waals surface area contributed by atoms with Crippen LogP contribution in [0.25, 0.3) is 0 Å². The van der Waals surface area contributed by atoms with E-state index < -0.39 is 85.2 Å². The molecule has 0 amide bonds. The monoisotopic (exact) mass is 469 g/mol. The summed E-state index contributed by atoms with van der Waals surface area (Å²) in [6.07, 6.45) is 0. The normalized spacial score (nSPS) is 11.7. The van der Waals surface area contributed by atoms with Gasteiger partial charge < -0.3 is 0 Å². The van der Waals surface area contributed by atoms with Crippen LogP contribution in [0.1, 0.15) is 0 Å². The number of benzene rings is 3. The van der Waals surface area contributed by atoms with Gasteiger partial charge in [0, 0.05) is 0 Å². The van der Waals surface area contributed by atoms with Crippen LogP contribution in [0, 0.1) is 58.2 Å². The van der Waals surface area contributed by atoms with Crippen LogP contribution in [-0.4, -0.2) is 0 Å². The number of hydrogen-bond donors (Lipinski definition) is 0. The van der Waals surface area contributed by atoms with E-state index in [-0.39, 0.29) is 0 Å². The van der Waals surface area contributed by atoms with Crippen LogP contribution in [0.4, 0.5) is 43.9 Å². The summed E-state index contributed by atoms with van der Waals surface area (Å²) in [7, 11) is 0. The Morgan fingerprint density at radius 3 is 0.966 bits per heavy atom. The van der Waals surface area contributed by atoms with E-state index in [4.69, 9.17) is 0 Å². The topological polar surface area (TPSA) is 0 Å². The van der Waals surface area contributed by atoms with E-state index in [1.54, 1.807) is 0 Å². The zero-order chi connectivity index (χ0) is 21.6. The summed E-state index contributed by atoms with van der Waals surface area (Å²) in [6, 6.07) is 5.65. The van der Waals surface area contributed by atoms with Gasteiger partial charge in [0.1, 0.15) is 0 Å². The van der Waals surface area contributed by atoms with Gasteiger partial charge in [-0.2, -0.15) is 0 Å². The molecule has 0 unspecified atom stereocenters. The molecule has 0 aliphatic carbocycles. The number of hydrogen-bond acceptors (Lipinski definition) is 0. The van der Waals surface area contributed by atoms with Gasteiger partial charge in [-0.3, -0.25) is 0 Å². The summed E-state index contributed by atoms with van der Waals surface area (Å²) in [5.74, 6) is -24.6. The van der Waals surface area contributed by atoms with Gasteiger partial charge in [0.2, 0.25) is 0 Å². The second kappa shape index (κ2) is 7.70. The van der Waals surface area contributed by atoms with Gasteiger partial charge in [0.15, 0.2) is 0 Å². The molecule has 0 atom stereocenters. The van der Waals surface area contributed by atoms with Crippen molar-refractivity contribution in [1.29, 1.82) is 0 Å². The van der Waals surface area contributed by atoms with E-state index in [1.807, 2.05) is 0 Å². The first-order valence-corrected chi connectivity index (χ1v) is 8.76. The summed E-state index contributed by atoms with van der Waals surface area (Å²) < 4.78 is 135. The molecule has 0 heterocycles. The van der Waals surface area contributed by atoms with Gasteiger partial charge in [-0.1, -0.05) is 0 Å². The van der Waals surface area contributed by atoms with Crippen LogP contribution in [0.3, 0.4) is 0 Å². The van der Waals surface area contributed by atoms with E-state index in [0.717, 1.165) is 12.1 Å².